The fourth-order valence-electron chi connectivity index (χ4n) is 5.35. The number of rotatable bonds is 15. The lowest BCUT2D eigenvalue weighted by Gasteiger charge is -2.30. The van der Waals surface area contributed by atoms with Crippen molar-refractivity contribution in [3.63, 3.8) is 0 Å². The number of nitrogens with one attached hydrogen (secondary N) is 1. The Morgan fingerprint density at radius 1 is 0.771 bits per heavy atom. The fraction of sp³-hybridized carbons (Fsp3) is 0.400. The molecule has 4 aromatic rings. The van der Waals surface area contributed by atoms with Crippen molar-refractivity contribution in [2.24, 2.45) is 10.2 Å². The molecule has 4 rings (SSSR count). The highest BCUT2D eigenvalue weighted by molar-refractivity contribution is 6.07. The Balaban J connectivity index is 1.44. The number of hydrogen-bond acceptors (Lipinski definition) is 7. The largest absolute Gasteiger partial charge is 0.506 e. The third-order valence-corrected chi connectivity index (χ3v) is 9.28. The fourth-order valence-corrected chi connectivity index (χ4v) is 5.35. The molecular formula is C40H49N3O5. The lowest BCUT2D eigenvalue weighted by Crippen LogP contribution is -2.25. The average molecular weight is 652 g/mol. The summed E-state index contributed by atoms with van der Waals surface area (Å²) in [5.74, 6) is -0.122. The number of carbonyl (C=O) groups is 2. The molecule has 0 bridgehead atoms. The Morgan fingerprint density at radius 3 is 2.15 bits per heavy atom. The second-order valence-corrected chi connectivity index (χ2v) is 13.3. The van der Waals surface area contributed by atoms with Crippen LogP contribution in [0.2, 0.25) is 0 Å². The van der Waals surface area contributed by atoms with Crippen molar-refractivity contribution >= 4 is 34.0 Å². The van der Waals surface area contributed by atoms with Gasteiger partial charge in [-0.15, -0.1) is 10.2 Å². The van der Waals surface area contributed by atoms with Crippen LogP contribution in [0.25, 0.3) is 10.8 Å². The summed E-state index contributed by atoms with van der Waals surface area (Å²) in [5, 5.41) is 23.8. The van der Waals surface area contributed by atoms with Crippen LogP contribution in [0.15, 0.2) is 83.0 Å². The number of aromatic hydroxyl groups is 1. The summed E-state index contributed by atoms with van der Waals surface area (Å²) in [4.78, 5) is 25.7. The number of phenolic OH excluding ortho intramolecular Hbond substituents is 1. The smallest absolute Gasteiger partial charge is 0.340 e. The minimum absolute atomic E-state index is 0.0201. The predicted octanol–water partition coefficient (Wildman–Crippen LogP) is 10.1. The molecule has 0 aliphatic rings. The Morgan fingerprint density at radius 2 is 1.44 bits per heavy atom. The van der Waals surface area contributed by atoms with Gasteiger partial charge in [-0.1, -0.05) is 90.1 Å². The van der Waals surface area contributed by atoms with Gasteiger partial charge in [-0.05, 0) is 73.3 Å². The predicted molar refractivity (Wildman–Crippen MR) is 192 cm³/mol. The molecule has 0 fully saturated rings. The van der Waals surface area contributed by atoms with Gasteiger partial charge in [0.25, 0.3) is 5.91 Å². The van der Waals surface area contributed by atoms with Gasteiger partial charge in [-0.2, -0.15) is 0 Å². The number of nitrogens with zero attached hydrogens (tertiary/aromatic N) is 2. The number of carbonyl (C=O) groups excluding carboxylic acids is 2. The van der Waals surface area contributed by atoms with E-state index >= 15 is 0 Å². The van der Waals surface area contributed by atoms with E-state index < -0.39 is 11.9 Å². The highest BCUT2D eigenvalue weighted by Gasteiger charge is 2.26. The highest BCUT2D eigenvalue weighted by atomic mass is 16.5. The molecule has 0 aliphatic carbocycles. The Kier molecular flexibility index (Phi) is 12.0. The van der Waals surface area contributed by atoms with Crippen molar-refractivity contribution in [3.05, 3.63) is 95.1 Å². The minimum atomic E-state index is -0.493. The molecule has 0 saturated heterocycles. The van der Waals surface area contributed by atoms with Crippen molar-refractivity contribution in [1.29, 1.82) is 0 Å². The Bertz CT molecular complexity index is 1780. The summed E-state index contributed by atoms with van der Waals surface area (Å²) in [6, 6.07) is 22.0. The topological polar surface area (TPSA) is 110 Å². The molecular weight excluding hydrogens is 602 g/mol. The normalized spacial score (nSPS) is 12.0. The van der Waals surface area contributed by atoms with Gasteiger partial charge in [0.05, 0.1) is 30.0 Å². The van der Waals surface area contributed by atoms with Crippen LogP contribution >= 0.6 is 0 Å². The van der Waals surface area contributed by atoms with Crippen LogP contribution in [0.5, 0.6) is 11.5 Å². The summed E-state index contributed by atoms with van der Waals surface area (Å²) < 4.78 is 11.4. The van der Waals surface area contributed by atoms with Crippen molar-refractivity contribution < 1.29 is 24.2 Å². The summed E-state index contributed by atoms with van der Waals surface area (Å²) in [6.45, 7) is 16.4. The first kappa shape index (κ1) is 36.1. The quantitative estimate of drug-likeness (QED) is 0.0755. The molecule has 0 unspecified atom stereocenters. The zero-order valence-corrected chi connectivity index (χ0v) is 29.4. The molecule has 8 heteroatoms. The molecule has 0 aromatic heterocycles. The molecule has 0 aliphatic heterocycles. The average Bonchev–Trinajstić information content (AvgIpc) is 3.09. The lowest BCUT2D eigenvalue weighted by molar-refractivity contribution is 0.0527. The van der Waals surface area contributed by atoms with Crippen molar-refractivity contribution in [3.8, 4) is 11.5 Å². The maximum atomic E-state index is 13.3. The van der Waals surface area contributed by atoms with Gasteiger partial charge < -0.3 is 19.9 Å². The molecule has 8 nitrogen and oxygen atoms in total. The number of esters is 1. The van der Waals surface area contributed by atoms with Gasteiger partial charge in [0.2, 0.25) is 0 Å². The standard InChI is InChI=1S/C40H49N3O5/c1-8-39(4,5)27-21-22-35(32(25-27)40(6,7)9-2)48-24-16-15-23-41-37(45)31-26-34(28-17-11-12-18-29(28)36(31)44)43-42-33-20-14-13-19-30(33)38(46)47-10-3/h11-14,17-22,25-26,44H,8-10,15-16,23-24H2,1-7H3,(H,41,45)/b43-42+. The number of amides is 1. The van der Waals surface area contributed by atoms with Crippen LogP contribution < -0.4 is 10.1 Å². The van der Waals surface area contributed by atoms with Crippen LogP contribution in [0.4, 0.5) is 11.4 Å². The number of hydrogen-bond donors (Lipinski definition) is 2. The Labute approximate surface area is 284 Å². The van der Waals surface area contributed by atoms with E-state index in [4.69, 9.17) is 9.47 Å². The van der Waals surface area contributed by atoms with E-state index in [0.29, 0.717) is 41.7 Å². The third-order valence-electron chi connectivity index (χ3n) is 9.28. The van der Waals surface area contributed by atoms with Gasteiger partial charge in [0.1, 0.15) is 17.2 Å². The van der Waals surface area contributed by atoms with E-state index in [1.54, 1.807) is 49.4 Å². The number of benzene rings is 4. The molecule has 254 valence electrons. The van der Waals surface area contributed by atoms with Gasteiger partial charge in [0, 0.05) is 22.9 Å². The maximum absolute atomic E-state index is 13.3. The lowest BCUT2D eigenvalue weighted by atomic mass is 9.76. The third kappa shape index (κ3) is 8.40. The van der Waals surface area contributed by atoms with Gasteiger partial charge >= 0.3 is 5.97 Å². The van der Waals surface area contributed by atoms with Crippen LogP contribution in [0.3, 0.4) is 0 Å². The molecule has 0 saturated carbocycles. The first-order valence-electron chi connectivity index (χ1n) is 16.9. The van der Waals surface area contributed by atoms with Crippen LogP contribution in [-0.2, 0) is 15.6 Å². The molecule has 48 heavy (non-hydrogen) atoms. The molecule has 4 aromatic carbocycles. The van der Waals surface area contributed by atoms with Gasteiger partial charge in [0.15, 0.2) is 0 Å². The van der Waals surface area contributed by atoms with E-state index in [9.17, 15) is 14.7 Å². The van der Waals surface area contributed by atoms with Crippen molar-refractivity contribution in [2.75, 3.05) is 19.8 Å². The highest BCUT2D eigenvalue weighted by Crippen LogP contribution is 2.39. The SMILES string of the molecule is CCOC(=O)c1ccccc1/N=N/c1cc(C(=O)NCCCCOc2ccc(C(C)(C)CC)cc2C(C)(C)CC)c(O)c2ccccc12. The van der Waals surface area contributed by atoms with Crippen molar-refractivity contribution in [2.45, 2.75) is 85.0 Å². The second-order valence-electron chi connectivity index (χ2n) is 13.3. The minimum Gasteiger partial charge on any atom is -0.506 e. The number of azo groups is 1. The monoisotopic (exact) mass is 651 g/mol. The summed E-state index contributed by atoms with van der Waals surface area (Å²) in [7, 11) is 0. The summed E-state index contributed by atoms with van der Waals surface area (Å²) in [5.41, 5.74) is 3.73. The Hall–Kier alpha value is -4.72. The number of unbranched alkanes of at least 4 members (excludes halogenated alkanes) is 1. The molecule has 0 radical (unpaired) electrons. The molecule has 1 amide bonds. The van der Waals surface area contributed by atoms with Crippen molar-refractivity contribution in [1.82, 2.24) is 5.32 Å². The van der Waals surface area contributed by atoms with Crippen LogP contribution in [-0.4, -0.2) is 36.7 Å². The van der Waals surface area contributed by atoms with E-state index in [1.807, 2.05) is 6.07 Å². The van der Waals surface area contributed by atoms with E-state index in [2.05, 4.69) is 75.3 Å². The summed E-state index contributed by atoms with van der Waals surface area (Å²) in [6.07, 6.45) is 3.50. The number of ether oxygens (including phenoxy) is 2. The first-order chi connectivity index (χ1) is 22.9. The van der Waals surface area contributed by atoms with E-state index in [1.165, 1.54) is 17.2 Å². The molecule has 0 atom stereocenters. The van der Waals surface area contributed by atoms with Crippen LogP contribution in [0.1, 0.15) is 106 Å². The maximum Gasteiger partial charge on any atom is 0.340 e. The van der Waals surface area contributed by atoms with E-state index in [0.717, 1.165) is 25.0 Å². The zero-order valence-electron chi connectivity index (χ0n) is 29.4. The van der Waals surface area contributed by atoms with E-state index in [-0.39, 0.29) is 34.3 Å². The number of fused-ring (bicyclic) bond motifs is 1. The molecule has 0 spiro atoms. The van der Waals surface area contributed by atoms with Gasteiger partial charge in [-0.3, -0.25) is 4.79 Å². The first-order valence-corrected chi connectivity index (χ1v) is 16.9. The zero-order chi connectivity index (χ0) is 34.9. The van der Waals surface area contributed by atoms with Gasteiger partial charge in [-0.25, -0.2) is 4.79 Å². The molecule has 2 N–H and O–H groups in total. The molecule has 0 heterocycles. The summed E-state index contributed by atoms with van der Waals surface area (Å²) >= 11 is 0. The van der Waals surface area contributed by atoms with Crippen LogP contribution in [0, 0.1) is 0 Å². The number of phenols is 1. The second kappa shape index (κ2) is 15.9.